The van der Waals surface area contributed by atoms with Gasteiger partial charge in [0.25, 0.3) is 5.91 Å². The molecule has 0 saturated carbocycles. The molecule has 12 heteroatoms. The molecule has 2 aliphatic rings. The molecule has 2 fully saturated rings. The van der Waals surface area contributed by atoms with E-state index in [1.165, 1.54) is 12.1 Å². The van der Waals surface area contributed by atoms with Crippen molar-refractivity contribution in [2.45, 2.75) is 51.1 Å². The molecular weight excluding hydrogens is 514 g/mol. The quantitative estimate of drug-likeness (QED) is 0.519. The van der Waals surface area contributed by atoms with Crippen molar-refractivity contribution >= 4 is 44.7 Å². The van der Waals surface area contributed by atoms with Crippen molar-refractivity contribution in [3.8, 4) is 6.07 Å². The van der Waals surface area contributed by atoms with Crippen molar-refractivity contribution in [1.29, 1.82) is 5.26 Å². The van der Waals surface area contributed by atoms with Crippen LogP contribution in [0.3, 0.4) is 0 Å². The molecule has 37 heavy (non-hydrogen) atoms. The fraction of sp³-hybridized carbons (Fsp3) is 0.440. The maximum absolute atomic E-state index is 13.8. The van der Waals surface area contributed by atoms with Gasteiger partial charge in [-0.1, -0.05) is 11.6 Å². The van der Waals surface area contributed by atoms with Gasteiger partial charge in [0, 0.05) is 35.9 Å². The van der Waals surface area contributed by atoms with Gasteiger partial charge in [0.2, 0.25) is 10.0 Å². The number of likely N-dealkylation sites (tertiary alicyclic amines) is 1. The number of nitriles is 1. The number of nitrogens with zero attached hydrogens (tertiary/aromatic N) is 6. The maximum Gasteiger partial charge on any atom is 0.256 e. The van der Waals surface area contributed by atoms with E-state index in [0.717, 1.165) is 62.0 Å². The first-order valence-electron chi connectivity index (χ1n) is 12.3. The molecule has 1 amide bonds. The molecular formula is C25H28ClN7O3S. The molecule has 194 valence electrons. The van der Waals surface area contributed by atoms with Gasteiger partial charge in [-0.3, -0.25) is 9.52 Å². The lowest BCUT2D eigenvalue weighted by molar-refractivity contribution is 0.0607. The zero-order valence-electron chi connectivity index (χ0n) is 20.7. The number of nitrogens with one attached hydrogen (secondary N) is 1. The molecule has 2 atom stereocenters. The second-order valence-corrected chi connectivity index (χ2v) is 11.9. The minimum atomic E-state index is -3.59. The molecule has 10 nitrogen and oxygen atoms in total. The lowest BCUT2D eigenvalue weighted by Gasteiger charge is -2.35. The third kappa shape index (κ3) is 5.08. The summed E-state index contributed by atoms with van der Waals surface area (Å²) in [5.41, 5.74) is 2.68. The third-order valence-electron chi connectivity index (χ3n) is 6.91. The van der Waals surface area contributed by atoms with Crippen molar-refractivity contribution in [2.75, 3.05) is 29.0 Å². The van der Waals surface area contributed by atoms with Gasteiger partial charge in [-0.2, -0.15) is 10.4 Å². The molecule has 2 aliphatic heterocycles. The summed E-state index contributed by atoms with van der Waals surface area (Å²) in [4.78, 5) is 22.4. The first kappa shape index (κ1) is 25.3. The Morgan fingerprint density at radius 1 is 1.19 bits per heavy atom. The van der Waals surface area contributed by atoms with Gasteiger partial charge in [0.05, 0.1) is 35.3 Å². The van der Waals surface area contributed by atoms with Crippen LogP contribution in [0.15, 0.2) is 30.5 Å². The summed E-state index contributed by atoms with van der Waals surface area (Å²) >= 11 is 6.19. The SMILES string of the molecule is Cc1cn2nc([C@@H]3CCCCN3C(=O)c3cc(Cl)ccc3NS(C)(=O)=O)cc2nc1N1CCC[C@H]1C#N. The second-order valence-electron chi connectivity index (χ2n) is 9.67. The van der Waals surface area contributed by atoms with Gasteiger partial charge in [-0.05, 0) is 57.2 Å². The Labute approximate surface area is 220 Å². The van der Waals surface area contributed by atoms with Gasteiger partial charge in [0.15, 0.2) is 5.65 Å². The number of hydrogen-bond acceptors (Lipinski definition) is 7. The van der Waals surface area contributed by atoms with Gasteiger partial charge in [-0.15, -0.1) is 0 Å². The molecule has 0 unspecified atom stereocenters. The highest BCUT2D eigenvalue weighted by Crippen LogP contribution is 2.35. The Hall–Kier alpha value is -3.36. The van der Waals surface area contributed by atoms with Gasteiger partial charge < -0.3 is 9.80 Å². The Bertz CT molecular complexity index is 1510. The van der Waals surface area contributed by atoms with Crippen molar-refractivity contribution in [1.82, 2.24) is 19.5 Å². The summed E-state index contributed by atoms with van der Waals surface area (Å²) in [7, 11) is -3.59. The fourth-order valence-electron chi connectivity index (χ4n) is 5.25. The smallest absolute Gasteiger partial charge is 0.256 e. The number of aromatic nitrogens is 3. The number of sulfonamides is 1. The average Bonchev–Trinajstić information content (AvgIpc) is 3.49. The summed E-state index contributed by atoms with van der Waals surface area (Å²) in [5.74, 6) is 0.476. The van der Waals surface area contributed by atoms with Crippen molar-refractivity contribution < 1.29 is 13.2 Å². The number of amides is 1. The Balaban J connectivity index is 1.50. The Morgan fingerprint density at radius 3 is 2.76 bits per heavy atom. The van der Waals surface area contributed by atoms with E-state index in [1.807, 2.05) is 24.1 Å². The summed E-state index contributed by atoms with van der Waals surface area (Å²) in [5, 5.41) is 14.6. The summed E-state index contributed by atoms with van der Waals surface area (Å²) in [6.07, 6.45) is 7.21. The number of halogens is 1. The van der Waals surface area contributed by atoms with Crippen LogP contribution in [-0.2, 0) is 10.0 Å². The lowest BCUT2D eigenvalue weighted by Crippen LogP contribution is -2.39. The van der Waals surface area contributed by atoms with Gasteiger partial charge in [0.1, 0.15) is 11.9 Å². The molecule has 0 bridgehead atoms. The van der Waals surface area contributed by atoms with Crippen LogP contribution in [0.5, 0.6) is 0 Å². The van der Waals surface area contributed by atoms with Crippen LogP contribution < -0.4 is 9.62 Å². The van der Waals surface area contributed by atoms with E-state index >= 15 is 0 Å². The van der Waals surface area contributed by atoms with E-state index in [0.29, 0.717) is 17.2 Å². The summed E-state index contributed by atoms with van der Waals surface area (Å²) < 4.78 is 28.0. The van der Waals surface area contributed by atoms with Crippen molar-refractivity contribution in [3.05, 3.63) is 52.3 Å². The van der Waals surface area contributed by atoms with Crippen LogP contribution in [0.4, 0.5) is 11.5 Å². The largest absolute Gasteiger partial charge is 0.340 e. The molecule has 0 aliphatic carbocycles. The number of carbonyl (C=O) groups is 1. The van der Waals surface area contributed by atoms with Crippen LogP contribution >= 0.6 is 11.6 Å². The van der Waals surface area contributed by atoms with Crippen LogP contribution in [0.1, 0.15) is 59.8 Å². The van der Waals surface area contributed by atoms with Crippen LogP contribution in [0.25, 0.3) is 5.65 Å². The van der Waals surface area contributed by atoms with Crippen molar-refractivity contribution in [3.63, 3.8) is 0 Å². The summed E-state index contributed by atoms with van der Waals surface area (Å²) in [6.45, 7) is 3.26. The number of aryl methyl sites for hydroxylation is 1. The van der Waals surface area contributed by atoms with Gasteiger partial charge in [-0.25, -0.2) is 17.9 Å². The fourth-order valence-corrected chi connectivity index (χ4v) is 6.00. The molecule has 2 aromatic heterocycles. The zero-order chi connectivity index (χ0) is 26.3. The minimum Gasteiger partial charge on any atom is -0.340 e. The van der Waals surface area contributed by atoms with Crippen LogP contribution in [0.2, 0.25) is 5.02 Å². The number of carbonyl (C=O) groups excluding carboxylic acids is 1. The predicted molar refractivity (Wildman–Crippen MR) is 141 cm³/mol. The third-order valence-corrected chi connectivity index (χ3v) is 7.74. The highest BCUT2D eigenvalue weighted by Gasteiger charge is 2.33. The standard InChI is InChI=1S/C25H28ClN7O3S/c1-16-15-33-23(28-24(16)31-11-5-6-18(31)14-27)13-21(29-33)22-7-3-4-10-32(22)25(34)19-12-17(26)8-9-20(19)30-37(2,35)36/h8-9,12-13,15,18,22,30H,3-7,10-11H2,1-2H3/t18-,22-/m0/s1. The first-order valence-corrected chi connectivity index (χ1v) is 14.5. The van der Waals surface area contributed by atoms with Gasteiger partial charge >= 0.3 is 0 Å². The highest BCUT2D eigenvalue weighted by atomic mass is 35.5. The molecule has 0 spiro atoms. The maximum atomic E-state index is 13.8. The Morgan fingerprint density at radius 2 is 2.00 bits per heavy atom. The highest BCUT2D eigenvalue weighted by molar-refractivity contribution is 7.92. The van der Waals surface area contributed by atoms with E-state index in [4.69, 9.17) is 21.7 Å². The zero-order valence-corrected chi connectivity index (χ0v) is 22.3. The normalized spacial score (nSPS) is 20.3. The number of rotatable bonds is 5. The molecule has 1 N–H and O–H groups in total. The predicted octanol–water partition coefficient (Wildman–Crippen LogP) is 3.92. The topological polar surface area (TPSA) is 124 Å². The van der Waals surface area contributed by atoms with Crippen LogP contribution in [0, 0.1) is 18.3 Å². The number of piperidine rings is 1. The molecule has 0 radical (unpaired) electrons. The van der Waals surface area contributed by atoms with E-state index < -0.39 is 10.0 Å². The molecule has 4 heterocycles. The molecule has 5 rings (SSSR count). The second kappa shape index (κ2) is 9.84. The average molecular weight is 542 g/mol. The monoisotopic (exact) mass is 541 g/mol. The van der Waals surface area contributed by atoms with E-state index in [9.17, 15) is 18.5 Å². The summed E-state index contributed by atoms with van der Waals surface area (Å²) in [6, 6.07) is 8.32. The van der Waals surface area contributed by atoms with Crippen LogP contribution in [-0.4, -0.2) is 59.2 Å². The Kier molecular flexibility index (Phi) is 6.72. The molecule has 1 aromatic carbocycles. The van der Waals surface area contributed by atoms with E-state index in [-0.39, 0.29) is 29.2 Å². The van der Waals surface area contributed by atoms with E-state index in [1.54, 1.807) is 15.5 Å². The minimum absolute atomic E-state index is 0.185. The number of fused-ring (bicyclic) bond motifs is 1. The lowest BCUT2D eigenvalue weighted by atomic mass is 9.98. The molecule has 3 aromatic rings. The molecule has 2 saturated heterocycles. The first-order chi connectivity index (χ1) is 17.6. The number of hydrogen-bond donors (Lipinski definition) is 1. The number of anilines is 2. The number of benzene rings is 1. The van der Waals surface area contributed by atoms with Crippen molar-refractivity contribution in [2.24, 2.45) is 0 Å². The van der Waals surface area contributed by atoms with E-state index in [2.05, 4.69) is 10.8 Å².